The fraction of sp³-hybridized carbons (Fsp3) is 0.444. The Bertz CT molecular complexity index is 714. The molecule has 1 aromatic carbocycles. The number of rotatable bonds is 9. The molecule has 0 saturated carbocycles. The minimum absolute atomic E-state index is 0.000492. The molecule has 0 aliphatic rings. The molecule has 6 nitrogen and oxygen atoms in total. The monoisotopic (exact) mass is 377 g/mol. The second-order valence-corrected chi connectivity index (χ2v) is 6.83. The van der Waals surface area contributed by atoms with Crippen molar-refractivity contribution in [1.82, 2.24) is 15.0 Å². The van der Waals surface area contributed by atoms with E-state index in [0.717, 1.165) is 12.2 Å². The zero-order valence-corrected chi connectivity index (χ0v) is 16.0. The lowest BCUT2D eigenvalue weighted by molar-refractivity contribution is -0.115. The van der Waals surface area contributed by atoms with Gasteiger partial charge >= 0.3 is 0 Å². The first kappa shape index (κ1) is 20.1. The molecule has 1 amide bonds. The molecule has 8 heteroatoms. The number of carbonyl (C=O) groups is 1. The zero-order chi connectivity index (χ0) is 18.9. The van der Waals surface area contributed by atoms with Gasteiger partial charge in [0, 0.05) is 23.1 Å². The van der Waals surface area contributed by atoms with Crippen molar-refractivity contribution >= 4 is 29.6 Å². The summed E-state index contributed by atoms with van der Waals surface area (Å²) in [4.78, 5) is 25.1. The maximum Gasteiger partial charge on any atom is 0.234 e. The van der Waals surface area contributed by atoms with Gasteiger partial charge in [-0.3, -0.25) is 10.1 Å². The summed E-state index contributed by atoms with van der Waals surface area (Å²) >= 11 is 1.72. The van der Waals surface area contributed by atoms with Gasteiger partial charge in [-0.25, -0.2) is 4.39 Å². The van der Waals surface area contributed by atoms with Gasteiger partial charge in [-0.2, -0.15) is 15.0 Å². The minimum atomic E-state index is -1.35. The summed E-state index contributed by atoms with van der Waals surface area (Å²) in [5, 5.41) is 5.79. The largest absolute Gasteiger partial charge is 0.351 e. The highest BCUT2D eigenvalue weighted by atomic mass is 32.2. The van der Waals surface area contributed by atoms with E-state index in [4.69, 9.17) is 0 Å². The number of alkyl halides is 1. The molecule has 0 radical (unpaired) electrons. The fourth-order valence-electron chi connectivity index (χ4n) is 2.06. The van der Waals surface area contributed by atoms with Crippen LogP contribution in [-0.4, -0.2) is 32.7 Å². The second kappa shape index (κ2) is 10.1. The predicted octanol–water partition coefficient (Wildman–Crippen LogP) is 4.23. The molecule has 0 aliphatic heterocycles. The first-order chi connectivity index (χ1) is 12.5. The van der Waals surface area contributed by atoms with Gasteiger partial charge in [0.2, 0.25) is 17.8 Å². The van der Waals surface area contributed by atoms with Crippen molar-refractivity contribution in [3.63, 3.8) is 0 Å². The van der Waals surface area contributed by atoms with E-state index in [1.807, 2.05) is 18.2 Å². The number of benzene rings is 1. The van der Waals surface area contributed by atoms with E-state index in [-0.39, 0.29) is 29.7 Å². The van der Waals surface area contributed by atoms with Gasteiger partial charge in [0.15, 0.2) is 12.0 Å². The number of nitrogens with one attached hydrogen (secondary N) is 2. The van der Waals surface area contributed by atoms with Crippen molar-refractivity contribution in [2.75, 3.05) is 16.4 Å². The SMILES string of the molecule is CCC(=O)Nc1nc(NC(CC)CSc2ccccc2)nc(C(C)F)n1. The summed E-state index contributed by atoms with van der Waals surface area (Å²) in [6, 6.07) is 10.2. The molecule has 1 aromatic heterocycles. The Labute approximate surface area is 157 Å². The Morgan fingerprint density at radius 3 is 2.46 bits per heavy atom. The highest BCUT2D eigenvalue weighted by Gasteiger charge is 2.16. The minimum Gasteiger partial charge on any atom is -0.351 e. The van der Waals surface area contributed by atoms with E-state index in [1.54, 1.807) is 18.7 Å². The van der Waals surface area contributed by atoms with Gasteiger partial charge in [0.1, 0.15) is 0 Å². The Morgan fingerprint density at radius 1 is 1.15 bits per heavy atom. The fourth-order valence-corrected chi connectivity index (χ4v) is 3.12. The normalized spacial score (nSPS) is 13.1. The topological polar surface area (TPSA) is 79.8 Å². The number of nitrogens with zero attached hydrogens (tertiary/aromatic N) is 3. The third-order valence-corrected chi connectivity index (χ3v) is 4.78. The maximum atomic E-state index is 13.7. The van der Waals surface area contributed by atoms with Crippen molar-refractivity contribution < 1.29 is 9.18 Å². The van der Waals surface area contributed by atoms with Gasteiger partial charge in [-0.15, -0.1) is 11.8 Å². The molecular formula is C18H24FN5OS. The molecule has 2 rings (SSSR count). The van der Waals surface area contributed by atoms with Crippen molar-refractivity contribution in [3.05, 3.63) is 36.2 Å². The first-order valence-electron chi connectivity index (χ1n) is 8.66. The Hall–Kier alpha value is -2.22. The molecule has 0 fully saturated rings. The Balaban J connectivity index is 2.10. The second-order valence-electron chi connectivity index (χ2n) is 5.73. The molecule has 0 aliphatic carbocycles. The molecule has 2 aromatic rings. The summed E-state index contributed by atoms with van der Waals surface area (Å²) in [5.41, 5.74) is 0. The van der Waals surface area contributed by atoms with Crippen molar-refractivity contribution in [1.29, 1.82) is 0 Å². The summed E-state index contributed by atoms with van der Waals surface area (Å²) in [5.74, 6) is 0.917. The molecule has 26 heavy (non-hydrogen) atoms. The van der Waals surface area contributed by atoms with Crippen LogP contribution < -0.4 is 10.6 Å². The van der Waals surface area contributed by atoms with Crippen molar-refractivity contribution in [2.45, 2.75) is 50.7 Å². The number of halogens is 1. The third kappa shape index (κ3) is 6.25. The van der Waals surface area contributed by atoms with E-state index in [9.17, 15) is 9.18 Å². The summed E-state index contributed by atoms with van der Waals surface area (Å²) < 4.78 is 13.7. The van der Waals surface area contributed by atoms with Crippen LogP contribution in [0.25, 0.3) is 0 Å². The standard InChI is InChI=1S/C18H24FN5OS/c1-4-13(11-26-14-9-7-6-8-10-14)20-17-22-16(12(3)19)23-18(24-17)21-15(25)5-2/h6-10,12-13H,4-5,11H2,1-3H3,(H2,20,21,22,23,24,25). The van der Waals surface area contributed by atoms with Crippen LogP contribution in [0.1, 0.15) is 45.6 Å². The van der Waals surface area contributed by atoms with Crippen LogP contribution in [0, 0.1) is 0 Å². The molecule has 0 saturated heterocycles. The Morgan fingerprint density at radius 2 is 1.85 bits per heavy atom. The number of hydrogen-bond acceptors (Lipinski definition) is 6. The van der Waals surface area contributed by atoms with Gasteiger partial charge in [0.25, 0.3) is 0 Å². The average Bonchev–Trinajstić information content (AvgIpc) is 2.65. The zero-order valence-electron chi connectivity index (χ0n) is 15.2. The molecule has 2 N–H and O–H groups in total. The van der Waals surface area contributed by atoms with Crippen LogP contribution in [-0.2, 0) is 4.79 Å². The average molecular weight is 377 g/mol. The van der Waals surface area contributed by atoms with E-state index < -0.39 is 6.17 Å². The maximum absolute atomic E-state index is 13.7. The van der Waals surface area contributed by atoms with E-state index in [0.29, 0.717) is 6.42 Å². The van der Waals surface area contributed by atoms with Gasteiger partial charge in [0.05, 0.1) is 0 Å². The molecule has 1 heterocycles. The molecule has 0 bridgehead atoms. The van der Waals surface area contributed by atoms with Crippen LogP contribution >= 0.6 is 11.8 Å². The van der Waals surface area contributed by atoms with E-state index in [2.05, 4.69) is 44.6 Å². The molecule has 140 valence electrons. The van der Waals surface area contributed by atoms with Gasteiger partial charge in [-0.1, -0.05) is 32.0 Å². The molecule has 0 spiro atoms. The third-order valence-electron chi connectivity index (χ3n) is 3.60. The van der Waals surface area contributed by atoms with Crippen LogP contribution in [0.5, 0.6) is 0 Å². The van der Waals surface area contributed by atoms with Gasteiger partial charge < -0.3 is 5.32 Å². The highest BCUT2D eigenvalue weighted by molar-refractivity contribution is 7.99. The lowest BCUT2D eigenvalue weighted by atomic mass is 10.3. The van der Waals surface area contributed by atoms with E-state index >= 15 is 0 Å². The number of anilines is 2. The van der Waals surface area contributed by atoms with Crippen molar-refractivity contribution in [3.8, 4) is 0 Å². The highest BCUT2D eigenvalue weighted by Crippen LogP contribution is 2.21. The lowest BCUT2D eigenvalue weighted by Gasteiger charge is -2.17. The number of aromatic nitrogens is 3. The lowest BCUT2D eigenvalue weighted by Crippen LogP contribution is -2.24. The number of carbonyl (C=O) groups excluding carboxylic acids is 1. The Kier molecular flexibility index (Phi) is 7.77. The molecule has 2 atom stereocenters. The molecule has 2 unspecified atom stereocenters. The van der Waals surface area contributed by atoms with Crippen LogP contribution in [0.2, 0.25) is 0 Å². The predicted molar refractivity (Wildman–Crippen MR) is 103 cm³/mol. The van der Waals surface area contributed by atoms with Crippen LogP contribution in [0.4, 0.5) is 16.3 Å². The summed E-state index contributed by atoms with van der Waals surface area (Å²) in [7, 11) is 0. The summed E-state index contributed by atoms with van der Waals surface area (Å²) in [6.07, 6.45) is -0.210. The summed E-state index contributed by atoms with van der Waals surface area (Å²) in [6.45, 7) is 5.14. The van der Waals surface area contributed by atoms with Gasteiger partial charge in [-0.05, 0) is 25.5 Å². The number of amides is 1. The quantitative estimate of drug-likeness (QED) is 0.637. The van der Waals surface area contributed by atoms with Crippen molar-refractivity contribution in [2.24, 2.45) is 0 Å². The molecular weight excluding hydrogens is 353 g/mol. The first-order valence-corrected chi connectivity index (χ1v) is 9.64. The smallest absolute Gasteiger partial charge is 0.234 e. The number of hydrogen-bond donors (Lipinski definition) is 2. The van der Waals surface area contributed by atoms with Crippen LogP contribution in [0.3, 0.4) is 0 Å². The van der Waals surface area contributed by atoms with E-state index in [1.165, 1.54) is 11.8 Å². The van der Waals surface area contributed by atoms with Crippen LogP contribution in [0.15, 0.2) is 35.2 Å². The number of thioether (sulfide) groups is 1.